The van der Waals surface area contributed by atoms with Gasteiger partial charge in [0, 0.05) is 24.2 Å². The highest BCUT2D eigenvalue weighted by Crippen LogP contribution is 2.25. The molecule has 0 aliphatic carbocycles. The van der Waals surface area contributed by atoms with E-state index in [1.165, 1.54) is 0 Å². The van der Waals surface area contributed by atoms with Gasteiger partial charge in [0.25, 0.3) is 0 Å². The second-order valence-electron chi connectivity index (χ2n) is 8.06. The Labute approximate surface area is 198 Å². The lowest BCUT2D eigenvalue weighted by atomic mass is 10.0. The van der Waals surface area contributed by atoms with Crippen LogP contribution < -0.4 is 5.32 Å². The molecule has 1 heterocycles. The summed E-state index contributed by atoms with van der Waals surface area (Å²) in [6.07, 6.45) is -0.133. The van der Waals surface area contributed by atoms with Crippen molar-refractivity contribution < 1.29 is 14.7 Å². The monoisotopic (exact) mass is 452 g/mol. The molecule has 1 aliphatic rings. The van der Waals surface area contributed by atoms with Crippen LogP contribution in [0.15, 0.2) is 83.9 Å². The Bertz CT molecular complexity index is 1210. The largest absolute Gasteiger partial charge is 0.481 e. The molecule has 0 unspecified atom stereocenters. The Morgan fingerprint density at radius 2 is 1.71 bits per heavy atom. The van der Waals surface area contributed by atoms with Gasteiger partial charge in [0.1, 0.15) is 6.07 Å². The Morgan fingerprint density at radius 3 is 2.29 bits per heavy atom. The zero-order valence-corrected chi connectivity index (χ0v) is 18.5. The van der Waals surface area contributed by atoms with E-state index in [0.717, 1.165) is 22.4 Å². The van der Waals surface area contributed by atoms with Crippen molar-refractivity contribution in [1.82, 2.24) is 10.2 Å². The van der Waals surface area contributed by atoms with Crippen molar-refractivity contribution in [2.45, 2.75) is 19.0 Å². The van der Waals surface area contributed by atoms with Gasteiger partial charge < -0.3 is 15.3 Å². The van der Waals surface area contributed by atoms with E-state index in [0.29, 0.717) is 17.8 Å². The molecule has 1 saturated heterocycles. The summed E-state index contributed by atoms with van der Waals surface area (Å²) < 4.78 is 0. The number of hydrogen-bond acceptors (Lipinski definition) is 5. The van der Waals surface area contributed by atoms with Crippen LogP contribution in [-0.4, -0.2) is 46.7 Å². The summed E-state index contributed by atoms with van der Waals surface area (Å²) >= 11 is 0. The molecule has 170 valence electrons. The number of aliphatic imine (C=N–C) groups is 1. The first-order valence-electron chi connectivity index (χ1n) is 11.0. The normalized spacial score (nSPS) is 15.4. The van der Waals surface area contributed by atoms with Crippen molar-refractivity contribution in [1.29, 1.82) is 5.26 Å². The fourth-order valence-corrected chi connectivity index (χ4v) is 4.03. The molecule has 34 heavy (non-hydrogen) atoms. The van der Waals surface area contributed by atoms with Crippen LogP contribution in [0.4, 0.5) is 5.69 Å². The fraction of sp³-hybridized carbons (Fsp3) is 0.185. The van der Waals surface area contributed by atoms with Crippen LogP contribution in [0.5, 0.6) is 0 Å². The minimum absolute atomic E-state index is 0.133. The van der Waals surface area contributed by atoms with E-state index >= 15 is 0 Å². The van der Waals surface area contributed by atoms with Gasteiger partial charge in [-0.3, -0.25) is 9.59 Å². The van der Waals surface area contributed by atoms with Gasteiger partial charge >= 0.3 is 5.97 Å². The van der Waals surface area contributed by atoms with Gasteiger partial charge in [0.05, 0.1) is 36.0 Å². The number of carboxylic acids is 1. The van der Waals surface area contributed by atoms with Gasteiger partial charge in [-0.1, -0.05) is 66.7 Å². The second-order valence-corrected chi connectivity index (χ2v) is 8.06. The molecule has 1 atom stereocenters. The highest BCUT2D eigenvalue weighted by Gasteiger charge is 2.29. The second kappa shape index (κ2) is 10.6. The van der Waals surface area contributed by atoms with Gasteiger partial charge in [-0.25, -0.2) is 4.99 Å². The van der Waals surface area contributed by atoms with Crippen molar-refractivity contribution in [3.05, 3.63) is 101 Å². The molecular weight excluding hydrogens is 428 g/mol. The predicted molar refractivity (Wildman–Crippen MR) is 129 cm³/mol. The summed E-state index contributed by atoms with van der Waals surface area (Å²) in [4.78, 5) is 30.3. The summed E-state index contributed by atoms with van der Waals surface area (Å²) in [5.41, 5.74) is 4.27. The van der Waals surface area contributed by atoms with Crippen LogP contribution in [0.1, 0.15) is 28.7 Å². The van der Waals surface area contributed by atoms with Crippen molar-refractivity contribution in [2.24, 2.45) is 4.99 Å². The van der Waals surface area contributed by atoms with E-state index in [4.69, 9.17) is 4.99 Å². The standard InChI is InChI=1S/C27H24N4O3/c28-15-22-12-11-19(18-31-23(14-26(33)34)16-29-17-25(31)32)13-24(22)30-27(20-7-3-1-4-8-20)21-9-5-2-6-10-21/h1-13,23,29H,14,16-18H2,(H,33,34)/t23-/m0/s1. The van der Waals surface area contributed by atoms with Gasteiger partial charge in [-0.15, -0.1) is 0 Å². The molecule has 1 aliphatic heterocycles. The van der Waals surface area contributed by atoms with Crippen LogP contribution in [-0.2, 0) is 16.1 Å². The third-order valence-corrected chi connectivity index (χ3v) is 5.69. The van der Waals surface area contributed by atoms with Gasteiger partial charge in [0.15, 0.2) is 0 Å². The molecule has 0 radical (unpaired) electrons. The first-order chi connectivity index (χ1) is 16.5. The lowest BCUT2D eigenvalue weighted by molar-refractivity contribution is -0.142. The number of nitrogens with one attached hydrogen (secondary N) is 1. The number of carboxylic acid groups (broad SMARTS) is 1. The molecule has 0 saturated carbocycles. The van der Waals surface area contributed by atoms with E-state index in [-0.39, 0.29) is 25.4 Å². The average molecular weight is 453 g/mol. The molecule has 7 heteroatoms. The first kappa shape index (κ1) is 22.9. The lowest BCUT2D eigenvalue weighted by Gasteiger charge is -2.35. The molecule has 4 rings (SSSR count). The Kier molecular flexibility index (Phi) is 7.11. The van der Waals surface area contributed by atoms with Crippen molar-refractivity contribution >= 4 is 23.3 Å². The summed E-state index contributed by atoms with van der Waals surface area (Å²) in [6.45, 7) is 0.841. The average Bonchev–Trinajstić information content (AvgIpc) is 2.85. The first-order valence-corrected chi connectivity index (χ1v) is 11.0. The maximum absolute atomic E-state index is 12.5. The number of aliphatic carboxylic acids is 1. The molecule has 3 aromatic rings. The molecule has 1 fully saturated rings. The predicted octanol–water partition coefficient (Wildman–Crippen LogP) is 3.50. The number of piperazine rings is 1. The number of hydrogen-bond donors (Lipinski definition) is 2. The Morgan fingerprint density at radius 1 is 1.06 bits per heavy atom. The molecule has 0 spiro atoms. The van der Waals surface area contributed by atoms with Crippen molar-refractivity contribution in [2.75, 3.05) is 13.1 Å². The third kappa shape index (κ3) is 5.37. The van der Waals surface area contributed by atoms with Gasteiger partial charge in [-0.2, -0.15) is 5.26 Å². The zero-order chi connectivity index (χ0) is 23.9. The van der Waals surface area contributed by atoms with Crippen LogP contribution >= 0.6 is 0 Å². The van der Waals surface area contributed by atoms with E-state index in [9.17, 15) is 20.0 Å². The summed E-state index contributed by atoms with van der Waals surface area (Å²) in [5, 5.41) is 21.9. The smallest absolute Gasteiger partial charge is 0.305 e. The SMILES string of the molecule is N#Cc1ccc(CN2C(=O)CNC[C@@H]2CC(=O)O)cc1N=C(c1ccccc1)c1ccccc1. The Balaban J connectivity index is 1.73. The fourth-order valence-electron chi connectivity index (χ4n) is 4.03. The molecule has 1 amide bonds. The molecule has 3 aromatic carbocycles. The number of nitrogens with zero attached hydrogens (tertiary/aromatic N) is 3. The molecule has 7 nitrogen and oxygen atoms in total. The van der Waals surface area contributed by atoms with Crippen molar-refractivity contribution in [3.8, 4) is 6.07 Å². The molecular formula is C27H24N4O3. The molecule has 0 aromatic heterocycles. The Hall–Kier alpha value is -4.28. The maximum Gasteiger partial charge on any atom is 0.305 e. The number of benzene rings is 3. The summed E-state index contributed by atoms with van der Waals surface area (Å²) in [7, 11) is 0. The van der Waals surface area contributed by atoms with Crippen LogP contribution in [0.25, 0.3) is 0 Å². The summed E-state index contributed by atoms with van der Waals surface area (Å²) in [6, 6.07) is 26.6. The molecule has 0 bridgehead atoms. The number of carbonyl (C=O) groups is 2. The zero-order valence-electron chi connectivity index (χ0n) is 18.5. The summed E-state index contributed by atoms with van der Waals surface area (Å²) in [5.74, 6) is -1.10. The highest BCUT2D eigenvalue weighted by molar-refractivity contribution is 6.14. The van der Waals surface area contributed by atoms with Gasteiger partial charge in [0.2, 0.25) is 5.91 Å². The molecule has 2 N–H and O–H groups in total. The van der Waals surface area contributed by atoms with Gasteiger partial charge in [-0.05, 0) is 17.7 Å². The number of nitriles is 1. The van der Waals surface area contributed by atoms with E-state index in [2.05, 4.69) is 11.4 Å². The van der Waals surface area contributed by atoms with Crippen LogP contribution in [0, 0.1) is 11.3 Å². The topological polar surface area (TPSA) is 106 Å². The lowest BCUT2D eigenvalue weighted by Crippen LogP contribution is -2.54. The van der Waals surface area contributed by atoms with Crippen LogP contribution in [0.3, 0.4) is 0 Å². The van der Waals surface area contributed by atoms with Crippen LogP contribution in [0.2, 0.25) is 0 Å². The van der Waals surface area contributed by atoms with E-state index in [1.54, 1.807) is 23.1 Å². The third-order valence-electron chi connectivity index (χ3n) is 5.69. The minimum atomic E-state index is -0.952. The number of carbonyl (C=O) groups excluding carboxylic acids is 1. The van der Waals surface area contributed by atoms with E-state index < -0.39 is 12.0 Å². The van der Waals surface area contributed by atoms with E-state index in [1.807, 2.05) is 60.7 Å². The quantitative estimate of drug-likeness (QED) is 0.534. The number of amides is 1. The van der Waals surface area contributed by atoms with Crippen molar-refractivity contribution in [3.63, 3.8) is 0 Å². The minimum Gasteiger partial charge on any atom is -0.481 e. The highest BCUT2D eigenvalue weighted by atomic mass is 16.4. The maximum atomic E-state index is 12.5. The number of rotatable bonds is 7.